The van der Waals surface area contributed by atoms with Crippen LogP contribution in [0.2, 0.25) is 0 Å². The van der Waals surface area contributed by atoms with Crippen molar-refractivity contribution in [1.82, 2.24) is 5.32 Å². The van der Waals surface area contributed by atoms with Gasteiger partial charge in [-0.3, -0.25) is 4.79 Å². The van der Waals surface area contributed by atoms with Crippen LogP contribution in [0.4, 0.5) is 0 Å². The van der Waals surface area contributed by atoms with Gasteiger partial charge >= 0.3 is 5.97 Å². The maximum absolute atomic E-state index is 12.3. The summed E-state index contributed by atoms with van der Waals surface area (Å²) < 4.78 is 11.4. The van der Waals surface area contributed by atoms with E-state index in [2.05, 4.69) is 37.4 Å². The van der Waals surface area contributed by atoms with Crippen molar-refractivity contribution >= 4 is 5.97 Å². The molecule has 1 N–H and O–H groups in total. The van der Waals surface area contributed by atoms with Crippen molar-refractivity contribution in [1.29, 1.82) is 0 Å². The first kappa shape index (κ1) is 20.7. The summed E-state index contributed by atoms with van der Waals surface area (Å²) in [7, 11) is 0. The van der Waals surface area contributed by atoms with Gasteiger partial charge in [-0.1, -0.05) is 45.6 Å². The molecule has 1 aromatic carbocycles. The fourth-order valence-corrected chi connectivity index (χ4v) is 6.21. The van der Waals surface area contributed by atoms with Gasteiger partial charge in [-0.05, 0) is 74.2 Å². The molecule has 4 rings (SSSR count). The van der Waals surface area contributed by atoms with Gasteiger partial charge in [-0.2, -0.15) is 0 Å². The molecule has 0 spiro atoms. The molecule has 0 aromatic heterocycles. The molecule has 1 heterocycles. The highest BCUT2D eigenvalue weighted by atomic mass is 16.7. The number of carbonyl (C=O) groups excluding carboxylic acids is 1. The Hall–Kier alpha value is -1.55. The summed E-state index contributed by atoms with van der Waals surface area (Å²) in [6.45, 7) is 5.34. The van der Waals surface area contributed by atoms with Crippen LogP contribution in [0.3, 0.4) is 0 Å². The Balaban J connectivity index is 1.43. The number of piperidine rings is 1. The Labute approximate surface area is 175 Å². The molecule has 2 aliphatic carbocycles. The lowest BCUT2D eigenvalue weighted by Gasteiger charge is -2.56. The fourth-order valence-electron chi connectivity index (χ4n) is 6.21. The second kappa shape index (κ2) is 9.07. The maximum atomic E-state index is 12.3. The molecule has 1 saturated heterocycles. The zero-order chi connectivity index (χ0) is 20.3. The number of rotatable bonds is 8. The number of esters is 1. The normalized spacial score (nSPS) is 28.8. The summed E-state index contributed by atoms with van der Waals surface area (Å²) in [5, 5.41) is 3.79. The van der Waals surface area contributed by atoms with Gasteiger partial charge in [-0.15, -0.1) is 0 Å². The van der Waals surface area contributed by atoms with E-state index in [1.165, 1.54) is 43.2 Å². The molecule has 4 nitrogen and oxygen atoms in total. The molecule has 29 heavy (non-hydrogen) atoms. The zero-order valence-corrected chi connectivity index (χ0v) is 18.2. The first-order valence-electron chi connectivity index (χ1n) is 11.8. The van der Waals surface area contributed by atoms with Crippen molar-refractivity contribution in [3.8, 4) is 5.75 Å². The van der Waals surface area contributed by atoms with Gasteiger partial charge in [0.05, 0.1) is 5.92 Å². The van der Waals surface area contributed by atoms with Gasteiger partial charge in [0.1, 0.15) is 5.75 Å². The van der Waals surface area contributed by atoms with Crippen molar-refractivity contribution in [2.24, 2.45) is 11.8 Å². The summed E-state index contributed by atoms with van der Waals surface area (Å²) >= 11 is 0. The minimum atomic E-state index is -0.119. The van der Waals surface area contributed by atoms with Crippen LogP contribution in [0.1, 0.15) is 82.8 Å². The van der Waals surface area contributed by atoms with E-state index in [0.29, 0.717) is 11.5 Å². The second-order valence-corrected chi connectivity index (χ2v) is 9.32. The van der Waals surface area contributed by atoms with E-state index < -0.39 is 0 Å². The van der Waals surface area contributed by atoms with Gasteiger partial charge in [0.2, 0.25) is 6.79 Å². The minimum absolute atomic E-state index is 0.00404. The summed E-state index contributed by atoms with van der Waals surface area (Å²) in [6, 6.07) is 7.20. The average molecular weight is 400 g/mol. The van der Waals surface area contributed by atoms with E-state index in [-0.39, 0.29) is 18.7 Å². The van der Waals surface area contributed by atoms with Crippen LogP contribution >= 0.6 is 0 Å². The topological polar surface area (TPSA) is 47.6 Å². The third-order valence-corrected chi connectivity index (χ3v) is 7.78. The largest absolute Gasteiger partial charge is 0.457 e. The van der Waals surface area contributed by atoms with E-state index >= 15 is 0 Å². The number of fused-ring (bicyclic) bond motifs is 1. The van der Waals surface area contributed by atoms with Crippen LogP contribution < -0.4 is 10.1 Å². The first-order valence-corrected chi connectivity index (χ1v) is 11.8. The van der Waals surface area contributed by atoms with Crippen LogP contribution in [0.5, 0.6) is 5.75 Å². The standard InChI is InChI=1S/C25H37NO3/c1-3-5-8-18(4-2)24(27)29-17-28-20-11-10-19-15-23-21-9-6-7-12-25(21,13-14-26-23)22(19)16-20/h10-11,16,18,21,23,26H,3-9,12-15,17H2,1-2H3/t18?,21-,23+,25+/m0/s1. The highest BCUT2D eigenvalue weighted by Crippen LogP contribution is 2.54. The number of ether oxygens (including phenoxy) is 2. The van der Waals surface area contributed by atoms with Crippen molar-refractivity contribution < 1.29 is 14.3 Å². The lowest BCUT2D eigenvalue weighted by atomic mass is 9.53. The molecule has 0 radical (unpaired) electrons. The minimum Gasteiger partial charge on any atom is -0.457 e. The van der Waals surface area contributed by atoms with Crippen LogP contribution in [0.15, 0.2) is 18.2 Å². The SMILES string of the molecule is CCCCC(CC)C(=O)OCOc1ccc2c(c1)[C@@]13CCCC[C@H]1[C@@H](C2)NCC3. The molecule has 2 bridgehead atoms. The van der Waals surface area contributed by atoms with Gasteiger partial charge in [0, 0.05) is 11.5 Å². The summed E-state index contributed by atoms with van der Waals surface area (Å²) in [5.41, 5.74) is 3.32. The van der Waals surface area contributed by atoms with Crippen LogP contribution in [0.25, 0.3) is 0 Å². The number of benzene rings is 1. The highest BCUT2D eigenvalue weighted by Gasteiger charge is 2.51. The van der Waals surface area contributed by atoms with Crippen LogP contribution in [-0.2, 0) is 21.4 Å². The molecule has 4 atom stereocenters. The Kier molecular flexibility index (Phi) is 6.48. The van der Waals surface area contributed by atoms with Gasteiger partial charge in [0.25, 0.3) is 0 Å². The van der Waals surface area contributed by atoms with Crippen LogP contribution in [-0.4, -0.2) is 25.3 Å². The maximum Gasteiger partial charge on any atom is 0.311 e. The Morgan fingerprint density at radius 3 is 3.00 bits per heavy atom. The third-order valence-electron chi connectivity index (χ3n) is 7.78. The lowest BCUT2D eigenvalue weighted by molar-refractivity contribution is -0.155. The van der Waals surface area contributed by atoms with E-state index in [1.54, 1.807) is 0 Å². The molecule has 160 valence electrons. The molecular weight excluding hydrogens is 362 g/mol. The number of nitrogens with one attached hydrogen (secondary N) is 1. The Bertz CT molecular complexity index is 714. The number of carbonyl (C=O) groups is 1. The molecule has 1 unspecified atom stereocenters. The highest BCUT2D eigenvalue weighted by molar-refractivity contribution is 5.72. The molecular formula is C25H37NO3. The fraction of sp³-hybridized carbons (Fsp3) is 0.720. The van der Waals surface area contributed by atoms with Crippen molar-refractivity contribution in [3.05, 3.63) is 29.3 Å². The lowest BCUT2D eigenvalue weighted by Crippen LogP contribution is -2.59. The molecule has 1 aromatic rings. The van der Waals surface area contributed by atoms with Gasteiger partial charge in [0.15, 0.2) is 0 Å². The first-order chi connectivity index (χ1) is 14.2. The zero-order valence-electron chi connectivity index (χ0n) is 18.2. The predicted molar refractivity (Wildman–Crippen MR) is 115 cm³/mol. The monoisotopic (exact) mass is 399 g/mol. The van der Waals surface area contributed by atoms with E-state index in [0.717, 1.165) is 50.3 Å². The Morgan fingerprint density at radius 2 is 2.17 bits per heavy atom. The molecule has 2 fully saturated rings. The van der Waals surface area contributed by atoms with E-state index in [9.17, 15) is 4.79 Å². The Morgan fingerprint density at radius 1 is 1.28 bits per heavy atom. The summed E-state index contributed by atoms with van der Waals surface area (Å²) in [5.74, 6) is 1.48. The number of unbranched alkanes of at least 4 members (excludes halogenated alkanes) is 1. The smallest absolute Gasteiger partial charge is 0.311 e. The molecule has 1 saturated carbocycles. The van der Waals surface area contributed by atoms with Crippen molar-refractivity contribution in [2.45, 2.75) is 89.5 Å². The summed E-state index contributed by atoms with van der Waals surface area (Å²) in [4.78, 5) is 12.3. The molecule has 0 amide bonds. The third kappa shape index (κ3) is 4.05. The van der Waals surface area contributed by atoms with Crippen LogP contribution in [0, 0.1) is 11.8 Å². The van der Waals surface area contributed by atoms with Crippen molar-refractivity contribution in [3.63, 3.8) is 0 Å². The average Bonchev–Trinajstić information content (AvgIpc) is 2.74. The van der Waals surface area contributed by atoms with E-state index in [4.69, 9.17) is 9.47 Å². The van der Waals surface area contributed by atoms with Crippen molar-refractivity contribution in [2.75, 3.05) is 13.3 Å². The van der Waals surface area contributed by atoms with Gasteiger partial charge in [-0.25, -0.2) is 0 Å². The quantitative estimate of drug-likeness (QED) is 0.486. The number of hydrogen-bond donors (Lipinski definition) is 1. The number of hydrogen-bond acceptors (Lipinski definition) is 4. The second-order valence-electron chi connectivity index (χ2n) is 9.32. The molecule has 1 aliphatic heterocycles. The summed E-state index contributed by atoms with van der Waals surface area (Å²) in [6.07, 6.45) is 11.6. The predicted octanol–water partition coefficient (Wildman–Crippen LogP) is 5.13. The van der Waals surface area contributed by atoms with E-state index in [1.807, 2.05) is 0 Å². The molecule has 3 aliphatic rings. The van der Waals surface area contributed by atoms with Gasteiger partial charge < -0.3 is 14.8 Å². The molecule has 4 heteroatoms.